The van der Waals surface area contributed by atoms with Gasteiger partial charge in [-0.1, -0.05) is 11.2 Å². The van der Waals surface area contributed by atoms with Gasteiger partial charge in [-0.3, -0.25) is 9.78 Å². The van der Waals surface area contributed by atoms with E-state index < -0.39 is 11.6 Å². The number of nitrogens with zero attached hydrogens (tertiary/aromatic N) is 4. The van der Waals surface area contributed by atoms with Crippen molar-refractivity contribution in [2.45, 2.75) is 25.2 Å². The second kappa shape index (κ2) is 9.08. The summed E-state index contributed by atoms with van der Waals surface area (Å²) in [6.45, 7) is 2.21. The minimum absolute atomic E-state index is 0.183. The molecule has 0 spiro atoms. The molecule has 30 heavy (non-hydrogen) atoms. The third-order valence-corrected chi connectivity index (χ3v) is 5.13. The van der Waals surface area contributed by atoms with Crippen LogP contribution in [-0.2, 0) is 4.79 Å². The van der Waals surface area contributed by atoms with Crippen LogP contribution in [-0.4, -0.2) is 45.6 Å². The number of carbonyl (C=O) groups is 1. The first-order valence-corrected chi connectivity index (χ1v) is 9.81. The number of anilines is 1. The maximum absolute atomic E-state index is 13.2. The molecule has 1 amide bonds. The van der Waals surface area contributed by atoms with Gasteiger partial charge in [0.1, 0.15) is 5.69 Å². The van der Waals surface area contributed by atoms with Crippen molar-refractivity contribution in [2.75, 3.05) is 25.0 Å². The Kier molecular flexibility index (Phi) is 6.08. The number of nitrogens with one attached hydrogen (secondary N) is 1. The molecule has 0 radical (unpaired) electrons. The molecule has 1 aliphatic heterocycles. The maximum atomic E-state index is 13.2. The van der Waals surface area contributed by atoms with Crippen LogP contribution >= 0.6 is 0 Å². The van der Waals surface area contributed by atoms with Gasteiger partial charge in [0.05, 0.1) is 0 Å². The van der Waals surface area contributed by atoms with Gasteiger partial charge in [-0.15, -0.1) is 0 Å². The van der Waals surface area contributed by atoms with E-state index in [9.17, 15) is 13.6 Å². The van der Waals surface area contributed by atoms with E-state index in [1.165, 1.54) is 6.07 Å². The molecular weight excluding hydrogens is 392 g/mol. The van der Waals surface area contributed by atoms with Crippen LogP contribution in [0.4, 0.5) is 14.5 Å². The Morgan fingerprint density at radius 1 is 1.17 bits per heavy atom. The molecule has 3 aromatic rings. The molecule has 3 heterocycles. The summed E-state index contributed by atoms with van der Waals surface area (Å²) in [7, 11) is 0. The Morgan fingerprint density at radius 2 is 2.00 bits per heavy atom. The summed E-state index contributed by atoms with van der Waals surface area (Å²) >= 11 is 0. The van der Waals surface area contributed by atoms with Crippen LogP contribution in [0.15, 0.2) is 47.1 Å². The Labute approximate surface area is 172 Å². The average Bonchev–Trinajstić information content (AvgIpc) is 3.26. The van der Waals surface area contributed by atoms with Crippen molar-refractivity contribution < 1.29 is 18.1 Å². The Bertz CT molecular complexity index is 1000. The summed E-state index contributed by atoms with van der Waals surface area (Å²) in [6.07, 6.45) is 3.67. The van der Waals surface area contributed by atoms with Crippen molar-refractivity contribution in [3.8, 4) is 11.5 Å². The largest absolute Gasteiger partial charge is 0.339 e. The molecule has 0 bridgehead atoms. The lowest BCUT2D eigenvalue weighted by molar-refractivity contribution is -0.116. The predicted octanol–water partition coefficient (Wildman–Crippen LogP) is 3.62. The molecule has 1 N–H and O–H groups in total. The van der Waals surface area contributed by atoms with Gasteiger partial charge in [-0.05, 0) is 50.2 Å². The third-order valence-electron chi connectivity index (χ3n) is 5.13. The molecule has 0 atom stereocenters. The standard InChI is InChI=1S/C21H21F2N5O2/c22-16-5-4-15(13-17(16)23)25-19(29)8-12-28-10-6-14(7-11-28)21-26-20(27-30-21)18-3-1-2-9-24-18/h1-5,9,13-14H,6-8,10-12H2,(H,25,29). The van der Waals surface area contributed by atoms with E-state index >= 15 is 0 Å². The van der Waals surface area contributed by atoms with Crippen LogP contribution < -0.4 is 5.32 Å². The number of rotatable bonds is 6. The topological polar surface area (TPSA) is 84.2 Å². The molecule has 156 valence electrons. The first kappa shape index (κ1) is 20.1. The summed E-state index contributed by atoms with van der Waals surface area (Å²) in [6, 6.07) is 8.85. The summed E-state index contributed by atoms with van der Waals surface area (Å²) < 4.78 is 31.6. The van der Waals surface area contributed by atoms with Crippen LogP contribution in [0, 0.1) is 11.6 Å². The molecule has 1 aromatic carbocycles. The summed E-state index contributed by atoms with van der Waals surface area (Å²) in [5.41, 5.74) is 0.926. The number of aromatic nitrogens is 3. The van der Waals surface area contributed by atoms with Crippen molar-refractivity contribution >= 4 is 11.6 Å². The molecule has 9 heteroatoms. The number of hydrogen-bond donors (Lipinski definition) is 1. The number of piperidine rings is 1. The highest BCUT2D eigenvalue weighted by Crippen LogP contribution is 2.28. The second-order valence-corrected chi connectivity index (χ2v) is 7.21. The normalized spacial score (nSPS) is 15.3. The quantitative estimate of drug-likeness (QED) is 0.665. The molecule has 2 aromatic heterocycles. The fourth-order valence-electron chi connectivity index (χ4n) is 3.46. The molecule has 7 nitrogen and oxygen atoms in total. The van der Waals surface area contributed by atoms with Crippen molar-refractivity contribution in [3.63, 3.8) is 0 Å². The highest BCUT2D eigenvalue weighted by atomic mass is 19.2. The Balaban J connectivity index is 1.23. The van der Waals surface area contributed by atoms with Gasteiger partial charge in [0.15, 0.2) is 11.6 Å². The minimum atomic E-state index is -0.984. The van der Waals surface area contributed by atoms with Gasteiger partial charge in [-0.2, -0.15) is 4.98 Å². The summed E-state index contributed by atoms with van der Waals surface area (Å²) in [5.74, 6) is -0.873. The van der Waals surface area contributed by atoms with E-state index in [0.717, 1.165) is 38.1 Å². The molecule has 0 aliphatic carbocycles. The Hall–Kier alpha value is -3.20. The first-order chi connectivity index (χ1) is 14.6. The van der Waals surface area contributed by atoms with Crippen molar-refractivity contribution in [1.82, 2.24) is 20.0 Å². The molecule has 4 rings (SSSR count). The number of halogens is 2. The fraction of sp³-hybridized carbons (Fsp3) is 0.333. The minimum Gasteiger partial charge on any atom is -0.339 e. The summed E-state index contributed by atoms with van der Waals surface area (Å²) in [4.78, 5) is 23.0. The monoisotopic (exact) mass is 413 g/mol. The molecule has 1 fully saturated rings. The zero-order valence-electron chi connectivity index (χ0n) is 16.2. The van der Waals surface area contributed by atoms with Gasteiger partial charge in [-0.25, -0.2) is 8.78 Å². The van der Waals surface area contributed by atoms with Gasteiger partial charge >= 0.3 is 0 Å². The van der Waals surface area contributed by atoms with E-state index in [2.05, 4.69) is 25.3 Å². The van der Waals surface area contributed by atoms with Crippen molar-refractivity contribution in [2.24, 2.45) is 0 Å². The van der Waals surface area contributed by atoms with Gasteiger partial charge in [0.2, 0.25) is 17.6 Å². The highest BCUT2D eigenvalue weighted by molar-refractivity contribution is 5.90. The number of likely N-dealkylation sites (tertiary alicyclic amines) is 1. The Morgan fingerprint density at radius 3 is 2.73 bits per heavy atom. The van der Waals surface area contributed by atoms with E-state index in [0.29, 0.717) is 24.0 Å². The zero-order valence-corrected chi connectivity index (χ0v) is 16.2. The van der Waals surface area contributed by atoms with Gasteiger partial charge < -0.3 is 14.7 Å². The van der Waals surface area contributed by atoms with E-state index in [1.54, 1.807) is 6.20 Å². The highest BCUT2D eigenvalue weighted by Gasteiger charge is 2.25. The number of hydrogen-bond acceptors (Lipinski definition) is 6. The molecule has 0 saturated carbocycles. The lowest BCUT2D eigenvalue weighted by Gasteiger charge is -2.30. The zero-order chi connectivity index (χ0) is 20.9. The molecule has 0 unspecified atom stereocenters. The van der Waals surface area contributed by atoms with Gasteiger partial charge in [0, 0.05) is 36.8 Å². The van der Waals surface area contributed by atoms with Crippen LogP contribution in [0.5, 0.6) is 0 Å². The first-order valence-electron chi connectivity index (χ1n) is 9.81. The molecule has 1 aliphatic rings. The maximum Gasteiger partial charge on any atom is 0.230 e. The van der Waals surface area contributed by atoms with E-state index in [1.807, 2.05) is 18.2 Å². The van der Waals surface area contributed by atoms with Crippen LogP contribution in [0.1, 0.15) is 31.1 Å². The van der Waals surface area contributed by atoms with Crippen LogP contribution in [0.25, 0.3) is 11.5 Å². The van der Waals surface area contributed by atoms with E-state index in [-0.39, 0.29) is 23.9 Å². The smallest absolute Gasteiger partial charge is 0.230 e. The third kappa shape index (κ3) is 4.85. The number of pyridine rings is 1. The van der Waals surface area contributed by atoms with Crippen LogP contribution in [0.3, 0.4) is 0 Å². The SMILES string of the molecule is O=C(CCN1CCC(c2nc(-c3ccccn3)no2)CC1)Nc1ccc(F)c(F)c1. The number of carbonyl (C=O) groups excluding carboxylic acids is 1. The predicted molar refractivity (Wildman–Crippen MR) is 106 cm³/mol. The second-order valence-electron chi connectivity index (χ2n) is 7.21. The van der Waals surface area contributed by atoms with E-state index in [4.69, 9.17) is 4.52 Å². The number of amides is 1. The lowest BCUT2D eigenvalue weighted by atomic mass is 9.96. The average molecular weight is 413 g/mol. The van der Waals surface area contributed by atoms with Crippen LogP contribution in [0.2, 0.25) is 0 Å². The molecule has 1 saturated heterocycles. The lowest BCUT2D eigenvalue weighted by Crippen LogP contribution is -2.35. The molecular formula is C21H21F2N5O2. The van der Waals surface area contributed by atoms with Crippen molar-refractivity contribution in [3.05, 3.63) is 60.1 Å². The number of benzene rings is 1. The summed E-state index contributed by atoms with van der Waals surface area (Å²) in [5, 5.41) is 6.62. The van der Waals surface area contributed by atoms with Gasteiger partial charge in [0.25, 0.3) is 0 Å². The fourth-order valence-corrected chi connectivity index (χ4v) is 3.46. The van der Waals surface area contributed by atoms with Crippen molar-refractivity contribution in [1.29, 1.82) is 0 Å².